The van der Waals surface area contributed by atoms with Crippen molar-refractivity contribution in [1.29, 1.82) is 0 Å². The molecule has 8 rings (SSSR count). The number of aliphatic hydroxyl groups is 1. The molecule has 4 amide bonds. The van der Waals surface area contributed by atoms with Crippen LogP contribution in [-0.4, -0.2) is 101 Å². The first kappa shape index (κ1) is 50.8. The lowest BCUT2D eigenvalue weighted by Gasteiger charge is -2.10. The van der Waals surface area contributed by atoms with Gasteiger partial charge in [0.05, 0.1) is 38.8 Å². The summed E-state index contributed by atoms with van der Waals surface area (Å²) in [5, 5.41) is 43.6. The summed E-state index contributed by atoms with van der Waals surface area (Å²) in [6, 6.07) is 17.1. The number of nitrogens with one attached hydrogen (secondary N) is 5. The second-order valence-electron chi connectivity index (χ2n) is 16.6. The normalized spacial score (nSPS) is 11.9. The summed E-state index contributed by atoms with van der Waals surface area (Å²) in [6.07, 6.45) is 5.89. The van der Waals surface area contributed by atoms with E-state index in [9.17, 15) is 70.0 Å². The Kier molecular flexibility index (Phi) is 13.2. The van der Waals surface area contributed by atoms with E-state index in [-0.39, 0.29) is 84.2 Å². The van der Waals surface area contributed by atoms with Crippen molar-refractivity contribution in [3.05, 3.63) is 144 Å². The molecule has 380 valence electrons. The Labute approximate surface area is 417 Å². The molecule has 0 unspecified atom stereocenters. The number of benzene rings is 4. The molecule has 25 nitrogen and oxygen atoms in total. The standard InChI is InChI=1S/C47H40N10O15S2/c1-54-19-28(14-36(54)41(58)48-26-7-5-23-9-25(45(62)63)11-35(46(64)65)33(23)12-26)50-43(60)37-15-29(20-55(37)2)51-44(61)39-17-31(22-57(39)4)53-47(66)52-30-16-38(56(3)21-30)42(59)49-27-8-6-24-10-32(73(67,68)69)18-40(34(24)13-27)74(70,71)72/h5-22H,1-4H3,(H,48,58)(H,49,59)(H,50,60)(H,51,61)(H,62,63)(H,64,65)(H2,52,53,66)(H,67,68,69)(H,70,71,72). The maximum Gasteiger partial charge on any atom is 0.336 e. The van der Waals surface area contributed by atoms with Crippen molar-refractivity contribution >= 4 is 117 Å². The number of aryl methyl sites for hydroxylation is 4. The molecule has 4 aromatic carbocycles. The number of carboxylic acid groups (broad SMARTS) is 2. The van der Waals surface area contributed by atoms with Gasteiger partial charge >= 0.3 is 11.9 Å². The van der Waals surface area contributed by atoms with Crippen LogP contribution < -0.4 is 26.6 Å². The summed E-state index contributed by atoms with van der Waals surface area (Å²) in [5.74, 6) is -5.12. The average molecular weight is 1050 g/mol. The Hall–Kier alpha value is -9.57. The molecule has 0 aliphatic carbocycles. The predicted octanol–water partition coefficient (Wildman–Crippen LogP) is 5.90. The molecule has 0 aliphatic heterocycles. The van der Waals surface area contributed by atoms with Gasteiger partial charge < -0.3 is 60.2 Å². The molecule has 0 saturated heterocycles. The lowest BCUT2D eigenvalue weighted by molar-refractivity contribution is 0.0696. The minimum atomic E-state index is -4.99. The van der Waals surface area contributed by atoms with Gasteiger partial charge in [-0.3, -0.25) is 28.3 Å². The Morgan fingerprint density at radius 3 is 1.35 bits per heavy atom. The van der Waals surface area contributed by atoms with Gasteiger partial charge in [0.1, 0.15) is 27.7 Å². The second-order valence-corrected chi connectivity index (χ2v) is 19.4. The molecule has 4 aromatic heterocycles. The number of carbonyl (C=O) groups is 6. The molecule has 8 aromatic rings. The number of rotatable bonds is 14. The van der Waals surface area contributed by atoms with E-state index in [0.717, 1.165) is 12.1 Å². The van der Waals surface area contributed by atoms with E-state index in [2.05, 4.69) is 31.6 Å². The van der Waals surface area contributed by atoms with E-state index in [4.69, 9.17) is 0 Å². The van der Waals surface area contributed by atoms with E-state index in [1.807, 2.05) is 0 Å². The van der Waals surface area contributed by atoms with Gasteiger partial charge in [0.2, 0.25) is 0 Å². The van der Waals surface area contributed by atoms with Crippen LogP contribution in [0.2, 0.25) is 0 Å². The zero-order chi connectivity index (χ0) is 53.7. The quantitative estimate of drug-likeness (QED) is 0.0344. The molecule has 74 heavy (non-hydrogen) atoms. The fourth-order valence-electron chi connectivity index (χ4n) is 7.94. The van der Waals surface area contributed by atoms with Gasteiger partial charge in [-0.05, 0) is 89.0 Å². The van der Waals surface area contributed by atoms with Crippen LogP contribution in [0.15, 0.2) is 124 Å². The summed E-state index contributed by atoms with van der Waals surface area (Å²) >= 11 is 0. The number of carboxylic acids is 2. The first-order valence-electron chi connectivity index (χ1n) is 21.2. The lowest BCUT2D eigenvalue weighted by Crippen LogP contribution is -2.15. The molecule has 0 bridgehead atoms. The van der Waals surface area contributed by atoms with Gasteiger partial charge in [0.15, 0.2) is 0 Å². The zero-order valence-electron chi connectivity index (χ0n) is 38.8. The number of amidine groups is 1. The first-order valence-corrected chi connectivity index (χ1v) is 24.1. The van der Waals surface area contributed by atoms with Crippen LogP contribution in [0.4, 0.5) is 34.1 Å². The van der Waals surface area contributed by atoms with Crippen molar-refractivity contribution in [3.8, 4) is 0 Å². The van der Waals surface area contributed by atoms with Crippen LogP contribution in [0.1, 0.15) is 62.7 Å². The fourth-order valence-corrected chi connectivity index (χ4v) is 9.29. The van der Waals surface area contributed by atoms with Gasteiger partial charge in [0.25, 0.3) is 49.9 Å². The van der Waals surface area contributed by atoms with Crippen molar-refractivity contribution < 1.29 is 70.0 Å². The van der Waals surface area contributed by atoms with E-state index < -0.39 is 71.6 Å². The molecule has 4 heterocycles. The van der Waals surface area contributed by atoms with E-state index in [0.29, 0.717) is 11.5 Å². The highest BCUT2D eigenvalue weighted by Crippen LogP contribution is 2.31. The topological polar surface area (TPSA) is 364 Å². The number of hydrogen-bond acceptors (Lipinski definition) is 11. The third-order valence-electron chi connectivity index (χ3n) is 11.4. The van der Waals surface area contributed by atoms with Crippen molar-refractivity contribution in [2.24, 2.45) is 33.2 Å². The van der Waals surface area contributed by atoms with E-state index in [1.54, 1.807) is 21.1 Å². The summed E-state index contributed by atoms with van der Waals surface area (Å²) in [7, 11) is -3.60. The third kappa shape index (κ3) is 10.7. The largest absolute Gasteiger partial charge is 0.480 e. The molecular formula is C47H40N10O15S2. The maximum atomic E-state index is 13.4. The molecule has 0 radical (unpaired) electrons. The number of hydrogen-bond donors (Lipinski definition) is 10. The number of aromatic nitrogens is 4. The van der Waals surface area contributed by atoms with Crippen molar-refractivity contribution in [1.82, 2.24) is 18.3 Å². The van der Waals surface area contributed by atoms with E-state index >= 15 is 0 Å². The van der Waals surface area contributed by atoms with E-state index in [1.165, 1.54) is 117 Å². The molecule has 0 fully saturated rings. The molecular weight excluding hydrogens is 1010 g/mol. The third-order valence-corrected chi connectivity index (χ3v) is 13.1. The minimum absolute atomic E-state index is 0.0159. The summed E-state index contributed by atoms with van der Waals surface area (Å²) in [4.78, 5) is 79.4. The Balaban J connectivity index is 0.886. The van der Waals surface area contributed by atoms with Crippen LogP contribution in [0.5, 0.6) is 0 Å². The highest BCUT2D eigenvalue weighted by molar-refractivity contribution is 7.86. The Morgan fingerprint density at radius 1 is 0.459 bits per heavy atom. The second kappa shape index (κ2) is 19.2. The monoisotopic (exact) mass is 1050 g/mol. The number of aliphatic hydroxyl groups excluding tert-OH is 1. The average Bonchev–Trinajstić information content (AvgIpc) is 4.08. The number of nitrogens with zero attached hydrogens (tertiary/aromatic N) is 5. The highest BCUT2D eigenvalue weighted by atomic mass is 32.2. The van der Waals surface area contributed by atoms with Crippen LogP contribution in [-0.2, 0) is 48.4 Å². The number of fused-ring (bicyclic) bond motifs is 2. The van der Waals surface area contributed by atoms with Gasteiger partial charge in [-0.15, -0.1) is 0 Å². The molecule has 0 aliphatic rings. The van der Waals surface area contributed by atoms with Crippen LogP contribution >= 0.6 is 0 Å². The smallest absolute Gasteiger partial charge is 0.336 e. The Bertz CT molecular complexity index is 4000. The van der Waals surface area contributed by atoms with Gasteiger partial charge in [0, 0.05) is 69.7 Å². The predicted molar refractivity (Wildman–Crippen MR) is 268 cm³/mol. The number of aromatic carboxylic acids is 2. The van der Waals surface area contributed by atoms with Crippen molar-refractivity contribution in [2.45, 2.75) is 9.79 Å². The van der Waals surface area contributed by atoms with Crippen molar-refractivity contribution in [2.75, 3.05) is 26.6 Å². The Morgan fingerprint density at radius 2 is 0.892 bits per heavy atom. The summed E-state index contributed by atoms with van der Waals surface area (Å²) < 4.78 is 72.6. The number of anilines is 5. The maximum absolute atomic E-state index is 13.4. The molecule has 27 heteroatoms. The SMILES string of the molecule is Cn1cc(N=C(O)Nc2cc(C(=O)Nc3cc(C(=O)Nc4cc(C(=O)Nc5ccc6cc(C(=O)O)cc(C(=O)O)c6c5)n(C)c4)n(C)c3)n(C)c2)cc1C(=O)Nc1ccc2cc(S(=O)(=O)O)cc(S(=O)(=O)O)c2c1. The number of aliphatic imine (C=N–C) groups is 1. The summed E-state index contributed by atoms with van der Waals surface area (Å²) in [6.45, 7) is 0. The molecule has 0 spiro atoms. The highest BCUT2D eigenvalue weighted by Gasteiger charge is 2.23. The number of amides is 4. The van der Waals surface area contributed by atoms with Gasteiger partial charge in [-0.2, -0.15) is 21.8 Å². The molecule has 0 atom stereocenters. The number of carbonyl (C=O) groups excluding carboxylic acids is 4. The minimum Gasteiger partial charge on any atom is -0.480 e. The van der Waals surface area contributed by atoms with Crippen LogP contribution in [0.3, 0.4) is 0 Å². The van der Waals surface area contributed by atoms with Gasteiger partial charge in [-0.25, -0.2) is 9.59 Å². The van der Waals surface area contributed by atoms with Crippen LogP contribution in [0, 0.1) is 0 Å². The summed E-state index contributed by atoms with van der Waals surface area (Å²) in [5.41, 5.74) is 1.08. The van der Waals surface area contributed by atoms with Crippen molar-refractivity contribution in [3.63, 3.8) is 0 Å². The first-order chi connectivity index (χ1) is 34.7. The van der Waals surface area contributed by atoms with Gasteiger partial charge in [-0.1, -0.05) is 12.1 Å². The van der Waals surface area contributed by atoms with Crippen LogP contribution in [0.25, 0.3) is 21.5 Å². The molecule has 0 saturated carbocycles. The fraction of sp³-hybridized carbons (Fsp3) is 0.0851. The lowest BCUT2D eigenvalue weighted by atomic mass is 10.00. The zero-order valence-corrected chi connectivity index (χ0v) is 40.4. The molecule has 10 N–H and O–H groups in total.